The van der Waals surface area contributed by atoms with Crippen molar-refractivity contribution in [1.82, 2.24) is 15.1 Å². The van der Waals surface area contributed by atoms with E-state index in [0.29, 0.717) is 18.6 Å². The van der Waals surface area contributed by atoms with Crippen LogP contribution >= 0.6 is 15.9 Å². The number of carbonyl (C=O) groups excluding carboxylic acids is 1. The third kappa shape index (κ3) is 3.75. The molecule has 118 valence electrons. The van der Waals surface area contributed by atoms with E-state index in [1.54, 1.807) is 0 Å². The lowest BCUT2D eigenvalue weighted by atomic mass is 9.78. The van der Waals surface area contributed by atoms with Gasteiger partial charge in [0.1, 0.15) is 5.78 Å². The second kappa shape index (κ2) is 7.05. The molecule has 0 atom stereocenters. The fourth-order valence-corrected chi connectivity index (χ4v) is 4.14. The number of Topliss-reactive ketones (excluding diaryl/α,β-unsaturated/α-hetero) is 1. The molecule has 5 heteroatoms. The van der Waals surface area contributed by atoms with Gasteiger partial charge in [-0.3, -0.25) is 9.48 Å². The second-order valence-electron chi connectivity index (χ2n) is 6.17. The smallest absolute Gasteiger partial charge is 0.140 e. The number of rotatable bonds is 6. The molecule has 4 nitrogen and oxygen atoms in total. The Morgan fingerprint density at radius 1 is 1.38 bits per heavy atom. The highest BCUT2D eigenvalue weighted by Gasteiger charge is 2.32. The lowest BCUT2D eigenvalue weighted by Gasteiger charge is -2.36. The van der Waals surface area contributed by atoms with Crippen LogP contribution in [0.1, 0.15) is 56.8 Å². The zero-order valence-corrected chi connectivity index (χ0v) is 14.9. The number of aryl methyl sites for hydroxylation is 2. The Kier molecular flexibility index (Phi) is 5.60. The van der Waals surface area contributed by atoms with Crippen LogP contribution in [0.3, 0.4) is 0 Å². The van der Waals surface area contributed by atoms with Crippen LogP contribution in [0.15, 0.2) is 4.47 Å². The fourth-order valence-electron chi connectivity index (χ4n) is 3.38. The zero-order chi connectivity index (χ0) is 15.5. The molecule has 0 spiro atoms. The van der Waals surface area contributed by atoms with Gasteiger partial charge in [0.15, 0.2) is 0 Å². The molecule has 1 heterocycles. The second-order valence-corrected chi connectivity index (χ2v) is 6.96. The Balaban J connectivity index is 2.06. The van der Waals surface area contributed by atoms with Gasteiger partial charge in [-0.25, -0.2) is 0 Å². The fraction of sp³-hybridized carbons (Fsp3) is 0.750. The van der Waals surface area contributed by atoms with E-state index in [0.717, 1.165) is 35.1 Å². The van der Waals surface area contributed by atoms with Crippen LogP contribution in [0.5, 0.6) is 0 Å². The summed E-state index contributed by atoms with van der Waals surface area (Å²) in [5, 5.41) is 7.89. The Morgan fingerprint density at radius 3 is 2.57 bits per heavy atom. The normalized spacial score (nSPS) is 17.9. The van der Waals surface area contributed by atoms with E-state index < -0.39 is 0 Å². The molecule has 0 aromatic carbocycles. The highest BCUT2D eigenvalue weighted by molar-refractivity contribution is 9.10. The summed E-state index contributed by atoms with van der Waals surface area (Å²) < 4.78 is 2.84. The summed E-state index contributed by atoms with van der Waals surface area (Å²) in [5.74, 6) is 0.303. The first-order chi connectivity index (χ1) is 10.0. The summed E-state index contributed by atoms with van der Waals surface area (Å²) in [6.07, 6.45) is 7.95. The molecular formula is C16H26BrN3O. The van der Waals surface area contributed by atoms with Gasteiger partial charge in [0.2, 0.25) is 0 Å². The molecule has 1 fully saturated rings. The van der Waals surface area contributed by atoms with Crippen LogP contribution < -0.4 is 5.32 Å². The Morgan fingerprint density at radius 2 is 2.05 bits per heavy atom. The largest absolute Gasteiger partial charge is 0.314 e. The minimum Gasteiger partial charge on any atom is -0.314 e. The molecule has 1 aromatic rings. The van der Waals surface area contributed by atoms with Gasteiger partial charge in [-0.15, -0.1) is 0 Å². The summed E-state index contributed by atoms with van der Waals surface area (Å²) in [6, 6.07) is 0. The topological polar surface area (TPSA) is 46.9 Å². The van der Waals surface area contributed by atoms with Gasteiger partial charge in [-0.1, -0.05) is 26.2 Å². The van der Waals surface area contributed by atoms with E-state index in [1.165, 1.54) is 19.3 Å². The van der Waals surface area contributed by atoms with Gasteiger partial charge in [-0.05, 0) is 42.2 Å². The van der Waals surface area contributed by atoms with Gasteiger partial charge in [0.05, 0.1) is 15.9 Å². The summed E-state index contributed by atoms with van der Waals surface area (Å²) in [7, 11) is 3.91. The van der Waals surface area contributed by atoms with Gasteiger partial charge in [-0.2, -0.15) is 5.10 Å². The maximum atomic E-state index is 12.5. The quantitative estimate of drug-likeness (QED) is 0.852. The van der Waals surface area contributed by atoms with Crippen LogP contribution in [-0.2, 0) is 24.7 Å². The minimum atomic E-state index is 0.0218. The van der Waals surface area contributed by atoms with Crippen molar-refractivity contribution >= 4 is 21.7 Å². The van der Waals surface area contributed by atoms with E-state index in [1.807, 2.05) is 18.8 Å². The molecule has 1 saturated carbocycles. The van der Waals surface area contributed by atoms with E-state index in [-0.39, 0.29) is 5.54 Å². The van der Waals surface area contributed by atoms with Crippen molar-refractivity contribution in [3.63, 3.8) is 0 Å². The van der Waals surface area contributed by atoms with E-state index >= 15 is 0 Å². The first kappa shape index (κ1) is 16.7. The molecule has 2 rings (SSSR count). The van der Waals surface area contributed by atoms with Gasteiger partial charge < -0.3 is 5.32 Å². The lowest BCUT2D eigenvalue weighted by Crippen LogP contribution is -2.46. The molecule has 0 saturated heterocycles. The van der Waals surface area contributed by atoms with E-state index in [4.69, 9.17) is 0 Å². The molecular weight excluding hydrogens is 330 g/mol. The van der Waals surface area contributed by atoms with Crippen LogP contribution in [0.4, 0.5) is 0 Å². The molecule has 1 N–H and O–H groups in total. The third-order valence-electron chi connectivity index (χ3n) is 4.74. The molecule has 1 aliphatic rings. The first-order valence-corrected chi connectivity index (χ1v) is 8.71. The highest BCUT2D eigenvalue weighted by atomic mass is 79.9. The molecule has 21 heavy (non-hydrogen) atoms. The van der Waals surface area contributed by atoms with Crippen LogP contribution in [0, 0.1) is 0 Å². The number of nitrogens with one attached hydrogen (secondary N) is 1. The SMILES string of the molecule is CCc1nn(C)c(CC(=O)CC2(NC)CCCCC2)c1Br. The molecule has 0 radical (unpaired) electrons. The van der Waals surface area contributed by atoms with Gasteiger partial charge >= 0.3 is 0 Å². The molecule has 1 aromatic heterocycles. The molecule has 0 amide bonds. The maximum Gasteiger partial charge on any atom is 0.140 e. The Labute approximate surface area is 135 Å². The van der Waals surface area contributed by atoms with Crippen molar-refractivity contribution in [2.24, 2.45) is 7.05 Å². The zero-order valence-electron chi connectivity index (χ0n) is 13.3. The van der Waals surface area contributed by atoms with Crippen molar-refractivity contribution < 1.29 is 4.79 Å². The Bertz CT molecular complexity index is 504. The van der Waals surface area contributed by atoms with Crippen molar-refractivity contribution in [2.45, 2.75) is 63.8 Å². The van der Waals surface area contributed by atoms with Crippen LogP contribution in [-0.4, -0.2) is 28.2 Å². The van der Waals surface area contributed by atoms with Gasteiger partial charge in [0.25, 0.3) is 0 Å². The average Bonchev–Trinajstić information content (AvgIpc) is 2.75. The molecule has 0 bridgehead atoms. The number of nitrogens with zero attached hydrogens (tertiary/aromatic N) is 2. The summed E-state index contributed by atoms with van der Waals surface area (Å²) in [6.45, 7) is 2.08. The summed E-state index contributed by atoms with van der Waals surface area (Å²) in [5.41, 5.74) is 2.05. The third-order valence-corrected chi connectivity index (χ3v) is 5.66. The van der Waals surface area contributed by atoms with Crippen molar-refractivity contribution in [2.75, 3.05) is 7.05 Å². The number of hydrogen-bond acceptors (Lipinski definition) is 3. The molecule has 1 aliphatic carbocycles. The molecule has 0 unspecified atom stereocenters. The minimum absolute atomic E-state index is 0.0218. The van der Waals surface area contributed by atoms with E-state index in [9.17, 15) is 4.79 Å². The monoisotopic (exact) mass is 355 g/mol. The lowest BCUT2D eigenvalue weighted by molar-refractivity contribution is -0.120. The van der Waals surface area contributed by atoms with Crippen molar-refractivity contribution in [3.05, 3.63) is 15.9 Å². The standard InChI is InChI=1S/C16H26BrN3O/c1-4-13-15(17)14(20(3)19-13)10-12(21)11-16(18-2)8-6-5-7-9-16/h18H,4-11H2,1-3H3. The Hall–Kier alpha value is -0.680. The number of aromatic nitrogens is 2. The predicted molar refractivity (Wildman–Crippen MR) is 88.5 cm³/mol. The van der Waals surface area contributed by atoms with Crippen LogP contribution in [0.25, 0.3) is 0 Å². The number of ketones is 1. The first-order valence-electron chi connectivity index (χ1n) is 7.92. The molecule has 0 aliphatic heterocycles. The van der Waals surface area contributed by atoms with Gasteiger partial charge in [0, 0.05) is 25.4 Å². The average molecular weight is 356 g/mol. The van der Waals surface area contributed by atoms with Crippen molar-refractivity contribution in [1.29, 1.82) is 0 Å². The van der Waals surface area contributed by atoms with E-state index in [2.05, 4.69) is 33.3 Å². The van der Waals surface area contributed by atoms with Crippen LogP contribution in [0.2, 0.25) is 0 Å². The predicted octanol–water partition coefficient (Wildman–Crippen LogP) is 3.17. The highest BCUT2D eigenvalue weighted by Crippen LogP contribution is 2.32. The summed E-state index contributed by atoms with van der Waals surface area (Å²) in [4.78, 5) is 12.5. The summed E-state index contributed by atoms with van der Waals surface area (Å²) >= 11 is 3.60. The number of halogens is 1. The number of carbonyl (C=O) groups is 1. The maximum absolute atomic E-state index is 12.5. The number of hydrogen-bond donors (Lipinski definition) is 1. The van der Waals surface area contributed by atoms with Crippen molar-refractivity contribution in [3.8, 4) is 0 Å².